The van der Waals surface area contributed by atoms with Gasteiger partial charge in [0.2, 0.25) is 0 Å². The van der Waals surface area contributed by atoms with Crippen molar-refractivity contribution in [2.24, 2.45) is 0 Å². The largest absolute Gasteiger partial charge is 0.285 e. The molecule has 2 amide bonds. The molecule has 0 atom stereocenters. The number of aromatic nitrogens is 2. The third-order valence-corrected chi connectivity index (χ3v) is 7.45. The van der Waals surface area contributed by atoms with Gasteiger partial charge in [-0.05, 0) is 54.7 Å². The molecule has 1 N–H and O–H groups in total. The minimum Gasteiger partial charge on any atom is -0.267 e. The Morgan fingerprint density at radius 2 is 1.72 bits per heavy atom. The fourth-order valence-corrected chi connectivity index (χ4v) is 5.21. The number of benzene rings is 3. The van der Waals surface area contributed by atoms with Gasteiger partial charge in [0, 0.05) is 21.8 Å². The summed E-state index contributed by atoms with van der Waals surface area (Å²) >= 11 is 16.1. The molecule has 1 saturated heterocycles. The van der Waals surface area contributed by atoms with E-state index in [1.807, 2.05) is 60.8 Å². The van der Waals surface area contributed by atoms with E-state index in [4.69, 9.17) is 28.9 Å². The molecule has 4 aromatic rings. The van der Waals surface area contributed by atoms with Gasteiger partial charge in [-0.15, -0.1) is 0 Å². The number of carbonyl (C=O) groups is 2. The number of hydrogen-bond acceptors (Lipinski definition) is 5. The highest BCUT2D eigenvalue weighted by molar-refractivity contribution is 9.10. The maximum absolute atomic E-state index is 13.2. The first kappa shape index (κ1) is 24.5. The number of nitrogens with one attached hydrogen (secondary N) is 1. The fraction of sp³-hybridized carbons (Fsp3) is 0. The van der Waals surface area contributed by atoms with Crippen molar-refractivity contribution in [1.29, 1.82) is 0 Å². The van der Waals surface area contributed by atoms with Crippen molar-refractivity contribution in [3.8, 4) is 16.9 Å². The van der Waals surface area contributed by atoms with Crippen LogP contribution in [-0.4, -0.2) is 30.9 Å². The number of amides is 2. The lowest BCUT2D eigenvalue weighted by Crippen LogP contribution is -2.44. The average molecular weight is 596 g/mol. The topological polar surface area (TPSA) is 67.2 Å². The van der Waals surface area contributed by atoms with Gasteiger partial charge in [-0.25, -0.2) is 4.68 Å². The SMILES string of the molecule is O=C(NN1C(=O)/C(=C\c2cn(-c3ccccc3)nc2-c2ccc(Br)cc2)SC1=S)c1ccccc1Cl. The summed E-state index contributed by atoms with van der Waals surface area (Å²) in [6.45, 7) is 0. The van der Waals surface area contributed by atoms with Gasteiger partial charge in [0.25, 0.3) is 11.8 Å². The van der Waals surface area contributed by atoms with E-state index in [9.17, 15) is 9.59 Å². The van der Waals surface area contributed by atoms with Gasteiger partial charge in [0.05, 0.1) is 26.9 Å². The summed E-state index contributed by atoms with van der Waals surface area (Å²) in [5, 5.41) is 6.14. The summed E-state index contributed by atoms with van der Waals surface area (Å²) in [7, 11) is 0. The standard InChI is InChI=1S/C26H16BrClN4O2S2/c27-18-12-10-16(11-13-18)23-17(15-31(29-23)19-6-2-1-3-7-19)14-22-25(34)32(26(35)36-22)30-24(33)20-8-4-5-9-21(20)28/h1-15H,(H,30,33)/b22-14+. The lowest BCUT2D eigenvalue weighted by Gasteiger charge is -2.16. The van der Waals surface area contributed by atoms with E-state index in [1.165, 1.54) is 0 Å². The van der Waals surface area contributed by atoms with E-state index in [1.54, 1.807) is 35.0 Å². The number of nitrogens with zero attached hydrogens (tertiary/aromatic N) is 3. The zero-order valence-corrected chi connectivity index (χ0v) is 22.4. The predicted octanol–water partition coefficient (Wildman–Crippen LogP) is 6.50. The molecule has 1 aliphatic rings. The molecule has 0 spiro atoms. The molecule has 0 unspecified atom stereocenters. The first-order valence-corrected chi connectivity index (χ1v) is 13.0. The van der Waals surface area contributed by atoms with E-state index in [-0.39, 0.29) is 14.9 Å². The molecule has 0 bridgehead atoms. The Morgan fingerprint density at radius 3 is 2.44 bits per heavy atom. The van der Waals surface area contributed by atoms with Crippen LogP contribution < -0.4 is 5.43 Å². The molecule has 1 aromatic heterocycles. The van der Waals surface area contributed by atoms with Gasteiger partial charge in [-0.1, -0.05) is 81.8 Å². The first-order valence-electron chi connectivity index (χ1n) is 10.7. The second kappa shape index (κ2) is 10.4. The molecule has 2 heterocycles. The highest BCUT2D eigenvalue weighted by atomic mass is 79.9. The summed E-state index contributed by atoms with van der Waals surface area (Å²) in [6.07, 6.45) is 3.60. The second-order valence-electron chi connectivity index (χ2n) is 7.66. The lowest BCUT2D eigenvalue weighted by molar-refractivity contribution is -0.123. The van der Waals surface area contributed by atoms with E-state index >= 15 is 0 Å². The Hall–Kier alpha value is -3.24. The predicted molar refractivity (Wildman–Crippen MR) is 151 cm³/mol. The molecule has 0 radical (unpaired) electrons. The van der Waals surface area contributed by atoms with Gasteiger partial charge < -0.3 is 0 Å². The van der Waals surface area contributed by atoms with Crippen LogP contribution in [0.15, 0.2) is 94.4 Å². The van der Waals surface area contributed by atoms with Crippen molar-refractivity contribution in [1.82, 2.24) is 20.2 Å². The third-order valence-electron chi connectivity index (χ3n) is 5.29. The Morgan fingerprint density at radius 1 is 1.03 bits per heavy atom. The van der Waals surface area contributed by atoms with Crippen LogP contribution in [0, 0.1) is 0 Å². The number of rotatable bonds is 5. The zero-order chi connectivity index (χ0) is 25.2. The number of halogens is 2. The number of hydrogen-bond donors (Lipinski definition) is 1. The van der Waals surface area contributed by atoms with Gasteiger partial charge in [-0.3, -0.25) is 15.0 Å². The van der Waals surface area contributed by atoms with Crippen molar-refractivity contribution in [2.75, 3.05) is 0 Å². The van der Waals surface area contributed by atoms with E-state index in [0.717, 1.165) is 38.1 Å². The molecule has 0 saturated carbocycles. The lowest BCUT2D eigenvalue weighted by atomic mass is 10.1. The smallest absolute Gasteiger partial charge is 0.267 e. The summed E-state index contributed by atoms with van der Waals surface area (Å²) < 4.78 is 2.93. The summed E-state index contributed by atoms with van der Waals surface area (Å²) in [6, 6.07) is 24.1. The number of thiocarbonyl (C=S) groups is 1. The van der Waals surface area contributed by atoms with Crippen LogP contribution in [0.4, 0.5) is 0 Å². The van der Waals surface area contributed by atoms with Crippen LogP contribution in [-0.2, 0) is 4.79 Å². The Balaban J connectivity index is 1.48. The molecular formula is C26H16BrClN4O2S2. The van der Waals surface area contributed by atoms with Crippen LogP contribution >= 0.6 is 51.5 Å². The zero-order valence-electron chi connectivity index (χ0n) is 18.4. The molecule has 3 aromatic carbocycles. The fourth-order valence-electron chi connectivity index (χ4n) is 3.55. The van der Waals surface area contributed by atoms with E-state index < -0.39 is 11.8 Å². The van der Waals surface area contributed by atoms with Crippen molar-refractivity contribution >= 4 is 73.7 Å². The number of para-hydroxylation sites is 1. The van der Waals surface area contributed by atoms with Crippen LogP contribution in [0.3, 0.4) is 0 Å². The van der Waals surface area contributed by atoms with Crippen LogP contribution in [0.5, 0.6) is 0 Å². The molecule has 5 rings (SSSR count). The van der Waals surface area contributed by atoms with Crippen LogP contribution in [0.1, 0.15) is 15.9 Å². The maximum Gasteiger partial charge on any atom is 0.285 e. The molecule has 36 heavy (non-hydrogen) atoms. The second-order valence-corrected chi connectivity index (χ2v) is 10.7. The summed E-state index contributed by atoms with van der Waals surface area (Å²) in [5.41, 5.74) is 6.03. The minimum absolute atomic E-state index is 0.215. The highest BCUT2D eigenvalue weighted by Gasteiger charge is 2.34. The Labute approximate surface area is 230 Å². The van der Waals surface area contributed by atoms with Crippen LogP contribution in [0.25, 0.3) is 23.0 Å². The highest BCUT2D eigenvalue weighted by Crippen LogP contribution is 2.34. The molecule has 6 nitrogen and oxygen atoms in total. The normalized spacial score (nSPS) is 14.5. The van der Waals surface area contributed by atoms with Gasteiger partial charge >= 0.3 is 0 Å². The van der Waals surface area contributed by atoms with E-state index in [0.29, 0.717) is 10.6 Å². The minimum atomic E-state index is -0.523. The quantitative estimate of drug-likeness (QED) is 0.211. The van der Waals surface area contributed by atoms with Gasteiger partial charge in [0.1, 0.15) is 0 Å². The molecule has 1 aliphatic heterocycles. The number of carbonyl (C=O) groups excluding carboxylic acids is 2. The molecule has 1 fully saturated rings. The maximum atomic E-state index is 13.2. The van der Waals surface area contributed by atoms with Crippen molar-refractivity contribution in [3.05, 3.63) is 111 Å². The number of hydrazine groups is 1. The third kappa shape index (κ3) is 5.01. The Kier molecular flexibility index (Phi) is 7.06. The van der Waals surface area contributed by atoms with Gasteiger partial charge in [-0.2, -0.15) is 10.1 Å². The first-order chi connectivity index (χ1) is 17.4. The Bertz CT molecular complexity index is 1520. The molecule has 0 aliphatic carbocycles. The molecular weight excluding hydrogens is 580 g/mol. The van der Waals surface area contributed by atoms with Crippen molar-refractivity contribution < 1.29 is 9.59 Å². The van der Waals surface area contributed by atoms with E-state index in [2.05, 4.69) is 21.4 Å². The molecule has 178 valence electrons. The monoisotopic (exact) mass is 594 g/mol. The molecule has 10 heteroatoms. The summed E-state index contributed by atoms with van der Waals surface area (Å²) in [5.74, 6) is -0.954. The van der Waals surface area contributed by atoms with Crippen molar-refractivity contribution in [2.45, 2.75) is 0 Å². The van der Waals surface area contributed by atoms with Crippen LogP contribution in [0.2, 0.25) is 5.02 Å². The number of thioether (sulfide) groups is 1. The average Bonchev–Trinajstić information content (AvgIpc) is 3.42. The van der Waals surface area contributed by atoms with Crippen molar-refractivity contribution in [3.63, 3.8) is 0 Å². The summed E-state index contributed by atoms with van der Waals surface area (Å²) in [4.78, 5) is 26.3. The van der Waals surface area contributed by atoms with Gasteiger partial charge in [0.15, 0.2) is 4.32 Å².